The number of rotatable bonds is 2. The van der Waals surface area contributed by atoms with Crippen LogP contribution in [-0.4, -0.2) is 18.3 Å². The van der Waals surface area contributed by atoms with E-state index in [0.29, 0.717) is 18.8 Å². The maximum Gasteiger partial charge on any atom is 0.363 e. The van der Waals surface area contributed by atoms with Crippen LogP contribution in [0.25, 0.3) is 0 Å². The molecule has 1 fully saturated rings. The van der Waals surface area contributed by atoms with Crippen molar-refractivity contribution in [1.82, 2.24) is 0 Å². The fourth-order valence-electron chi connectivity index (χ4n) is 1.57. The van der Waals surface area contributed by atoms with Crippen molar-refractivity contribution in [1.29, 1.82) is 0 Å². The van der Waals surface area contributed by atoms with E-state index in [4.69, 9.17) is 9.05 Å². The molecule has 100 valence electrons. The Labute approximate surface area is 115 Å². The van der Waals surface area contributed by atoms with Gasteiger partial charge in [-0.3, -0.25) is 4.57 Å². The van der Waals surface area contributed by atoms with Crippen molar-refractivity contribution >= 4 is 23.5 Å². The molecule has 1 N–H and O–H groups in total. The van der Waals surface area contributed by atoms with E-state index < -0.39 is 13.4 Å². The fraction of sp³-hybridized carbons (Fsp3) is 0.500. The number of aliphatic hydroxyl groups excluding tert-OH is 1. The minimum absolute atomic E-state index is 0.173. The van der Waals surface area contributed by atoms with Gasteiger partial charge in [0, 0.05) is 9.89 Å². The molecule has 0 aromatic heterocycles. The van der Waals surface area contributed by atoms with Crippen LogP contribution in [0, 0.1) is 5.41 Å². The van der Waals surface area contributed by atoms with Gasteiger partial charge in [0.05, 0.1) is 13.2 Å². The number of hydrogen-bond donors (Lipinski definition) is 1. The summed E-state index contributed by atoms with van der Waals surface area (Å²) >= 11 is 3.31. The van der Waals surface area contributed by atoms with Gasteiger partial charge in [0.2, 0.25) is 0 Å². The van der Waals surface area contributed by atoms with Gasteiger partial charge in [-0.05, 0) is 17.7 Å². The van der Waals surface area contributed by atoms with E-state index in [0.717, 1.165) is 4.47 Å². The lowest BCUT2D eigenvalue weighted by molar-refractivity contribution is 0.0229. The molecule has 2 rings (SSSR count). The van der Waals surface area contributed by atoms with Crippen LogP contribution in [0.3, 0.4) is 0 Å². The molecular weight excluding hydrogens is 319 g/mol. The molecule has 1 heterocycles. The Morgan fingerprint density at radius 1 is 1.28 bits per heavy atom. The van der Waals surface area contributed by atoms with Gasteiger partial charge in [0.15, 0.2) is 5.85 Å². The summed E-state index contributed by atoms with van der Waals surface area (Å²) in [6.07, 6.45) is 0. The molecule has 1 aliphatic heterocycles. The predicted molar refractivity (Wildman–Crippen MR) is 72.4 cm³/mol. The van der Waals surface area contributed by atoms with Crippen molar-refractivity contribution in [3.8, 4) is 0 Å². The van der Waals surface area contributed by atoms with E-state index in [2.05, 4.69) is 15.9 Å². The third-order valence-electron chi connectivity index (χ3n) is 2.74. The summed E-state index contributed by atoms with van der Waals surface area (Å²) in [4.78, 5) is 0. The Bertz CT molecular complexity index is 457. The lowest BCUT2D eigenvalue weighted by Crippen LogP contribution is -2.30. The second-order valence-corrected chi connectivity index (χ2v) is 8.18. The summed E-state index contributed by atoms with van der Waals surface area (Å²) in [6.45, 7) is 4.56. The molecule has 0 aliphatic carbocycles. The molecular formula is C12H16BrO4P. The van der Waals surface area contributed by atoms with Gasteiger partial charge in [0.25, 0.3) is 0 Å². The highest BCUT2D eigenvalue weighted by atomic mass is 79.9. The largest absolute Gasteiger partial charge is 0.376 e. The zero-order chi connectivity index (χ0) is 13.4. The quantitative estimate of drug-likeness (QED) is 0.837. The summed E-state index contributed by atoms with van der Waals surface area (Å²) in [6, 6.07) is 6.94. The summed E-state index contributed by atoms with van der Waals surface area (Å²) < 4.78 is 23.9. The van der Waals surface area contributed by atoms with E-state index in [1.807, 2.05) is 13.8 Å². The third kappa shape index (κ3) is 3.03. The summed E-state index contributed by atoms with van der Waals surface area (Å²) in [5.41, 5.74) is 0.356. The molecule has 0 spiro atoms. The van der Waals surface area contributed by atoms with Crippen molar-refractivity contribution < 1.29 is 18.7 Å². The smallest absolute Gasteiger partial charge is 0.363 e. The van der Waals surface area contributed by atoms with Crippen molar-refractivity contribution in [3.05, 3.63) is 34.3 Å². The highest BCUT2D eigenvalue weighted by molar-refractivity contribution is 9.10. The average Bonchev–Trinajstić information content (AvgIpc) is 2.34. The molecule has 1 atom stereocenters. The van der Waals surface area contributed by atoms with Crippen molar-refractivity contribution in [2.45, 2.75) is 19.7 Å². The summed E-state index contributed by atoms with van der Waals surface area (Å²) in [5, 5.41) is 10.1. The Morgan fingerprint density at radius 2 is 1.78 bits per heavy atom. The summed E-state index contributed by atoms with van der Waals surface area (Å²) in [7, 11) is -3.48. The number of aliphatic hydroxyl groups is 1. The van der Waals surface area contributed by atoms with Gasteiger partial charge in [-0.15, -0.1) is 0 Å². The Kier molecular flexibility index (Phi) is 4.00. The van der Waals surface area contributed by atoms with Gasteiger partial charge in [-0.2, -0.15) is 0 Å². The maximum atomic E-state index is 12.4. The molecule has 0 bridgehead atoms. The Balaban J connectivity index is 2.16. The normalized spacial score (nSPS) is 23.6. The van der Waals surface area contributed by atoms with E-state index in [1.165, 1.54) is 0 Å². The van der Waals surface area contributed by atoms with Gasteiger partial charge in [0.1, 0.15) is 0 Å². The molecule has 1 aliphatic rings. The minimum atomic E-state index is -3.48. The van der Waals surface area contributed by atoms with E-state index >= 15 is 0 Å². The van der Waals surface area contributed by atoms with Gasteiger partial charge < -0.3 is 14.2 Å². The first-order valence-corrected chi connectivity index (χ1v) is 8.05. The highest BCUT2D eigenvalue weighted by Crippen LogP contribution is 2.62. The molecule has 4 nitrogen and oxygen atoms in total. The van der Waals surface area contributed by atoms with Gasteiger partial charge >= 0.3 is 7.60 Å². The molecule has 0 unspecified atom stereocenters. The molecule has 0 saturated carbocycles. The zero-order valence-electron chi connectivity index (χ0n) is 10.3. The number of hydrogen-bond acceptors (Lipinski definition) is 4. The Hall–Kier alpha value is -0.190. The molecule has 0 amide bonds. The molecule has 1 saturated heterocycles. The zero-order valence-corrected chi connectivity index (χ0v) is 12.8. The Morgan fingerprint density at radius 3 is 2.28 bits per heavy atom. The second kappa shape index (κ2) is 5.06. The van der Waals surface area contributed by atoms with Crippen LogP contribution in [0.2, 0.25) is 0 Å². The van der Waals surface area contributed by atoms with Crippen LogP contribution in [0.1, 0.15) is 25.3 Å². The lowest BCUT2D eigenvalue weighted by atomic mass is 9.97. The fourth-order valence-corrected chi connectivity index (χ4v) is 3.78. The maximum absolute atomic E-state index is 12.4. The van der Waals surface area contributed by atoms with Crippen LogP contribution in [0.5, 0.6) is 0 Å². The molecule has 6 heteroatoms. The van der Waals surface area contributed by atoms with E-state index in [1.54, 1.807) is 24.3 Å². The standard InChI is InChI=1S/C12H16BrO4P/c1-12(2)7-16-18(15,17-8-12)11(14)9-3-5-10(13)6-4-9/h3-6,11,14H,7-8H2,1-2H3/t11-/m0/s1. The second-order valence-electron chi connectivity index (χ2n) is 5.18. The monoisotopic (exact) mass is 334 g/mol. The SMILES string of the molecule is CC1(C)COP(=O)([C@H](O)c2ccc(Br)cc2)OC1. The summed E-state index contributed by atoms with van der Waals surface area (Å²) in [5.74, 6) is -1.23. The van der Waals surface area contributed by atoms with Gasteiger partial charge in [-0.1, -0.05) is 41.9 Å². The first-order valence-electron chi connectivity index (χ1n) is 5.65. The predicted octanol–water partition coefficient (Wildman–Crippen LogP) is 3.71. The minimum Gasteiger partial charge on any atom is -0.376 e. The van der Waals surface area contributed by atoms with Crippen molar-refractivity contribution in [2.75, 3.05) is 13.2 Å². The van der Waals surface area contributed by atoms with Crippen molar-refractivity contribution in [3.63, 3.8) is 0 Å². The molecule has 1 aromatic rings. The number of benzene rings is 1. The van der Waals surface area contributed by atoms with E-state index in [-0.39, 0.29) is 5.41 Å². The van der Waals surface area contributed by atoms with Crippen LogP contribution in [0.15, 0.2) is 28.7 Å². The molecule has 0 radical (unpaired) electrons. The first kappa shape index (κ1) is 14.2. The van der Waals surface area contributed by atoms with E-state index in [9.17, 15) is 9.67 Å². The molecule has 18 heavy (non-hydrogen) atoms. The van der Waals surface area contributed by atoms with Crippen molar-refractivity contribution in [2.24, 2.45) is 5.41 Å². The lowest BCUT2D eigenvalue weighted by Gasteiger charge is -2.35. The average molecular weight is 335 g/mol. The number of halogens is 1. The molecule has 1 aromatic carbocycles. The van der Waals surface area contributed by atoms with Crippen LogP contribution < -0.4 is 0 Å². The highest BCUT2D eigenvalue weighted by Gasteiger charge is 2.42. The van der Waals surface area contributed by atoms with Crippen LogP contribution in [-0.2, 0) is 13.6 Å². The van der Waals surface area contributed by atoms with Crippen LogP contribution >= 0.6 is 23.5 Å². The van der Waals surface area contributed by atoms with Crippen LogP contribution in [0.4, 0.5) is 0 Å². The van der Waals surface area contributed by atoms with Gasteiger partial charge in [-0.25, -0.2) is 0 Å². The first-order chi connectivity index (χ1) is 8.32. The topological polar surface area (TPSA) is 55.8 Å². The third-order valence-corrected chi connectivity index (χ3v) is 5.14.